The van der Waals surface area contributed by atoms with Crippen LogP contribution < -0.4 is 10.6 Å². The highest BCUT2D eigenvalue weighted by Crippen LogP contribution is 2.24. The van der Waals surface area contributed by atoms with Crippen LogP contribution in [0, 0.1) is 13.8 Å². The minimum absolute atomic E-state index is 0.0461. The molecule has 3 heterocycles. The number of anilines is 1. The minimum atomic E-state index is -3.66. The number of nitrogens with zero attached hydrogens (tertiary/aromatic N) is 6. The Bertz CT molecular complexity index is 1680. The molecule has 0 bridgehead atoms. The number of aryl methyl sites for hydroxylation is 2. The summed E-state index contributed by atoms with van der Waals surface area (Å²) in [7, 11) is -3.66. The van der Waals surface area contributed by atoms with Crippen molar-refractivity contribution in [2.24, 2.45) is 0 Å². The van der Waals surface area contributed by atoms with Crippen molar-refractivity contribution in [2.75, 3.05) is 37.4 Å². The average Bonchev–Trinajstić information content (AvgIpc) is 3.60. The zero-order valence-corrected chi connectivity index (χ0v) is 25.3. The molecule has 2 N–H and O–H groups in total. The predicted octanol–water partition coefficient (Wildman–Crippen LogP) is 2.42. The summed E-state index contributed by atoms with van der Waals surface area (Å²) in [4.78, 5) is 25.6. The molecular formula is C26H28N8O5S3. The number of benzene rings is 2. The van der Waals surface area contributed by atoms with Crippen molar-refractivity contribution in [2.45, 2.75) is 30.4 Å². The van der Waals surface area contributed by atoms with E-state index in [1.54, 1.807) is 11.5 Å². The van der Waals surface area contributed by atoms with E-state index in [2.05, 4.69) is 31.0 Å². The van der Waals surface area contributed by atoms with Gasteiger partial charge in [-0.2, -0.15) is 4.31 Å². The van der Waals surface area contributed by atoms with E-state index in [1.165, 1.54) is 51.7 Å². The number of thioether (sulfide) groups is 1. The number of ether oxygens (including phenoxy) is 1. The van der Waals surface area contributed by atoms with E-state index >= 15 is 0 Å². The molecule has 2 amide bonds. The molecule has 1 aliphatic rings. The molecule has 42 heavy (non-hydrogen) atoms. The Morgan fingerprint density at radius 2 is 1.79 bits per heavy atom. The number of morpholine rings is 1. The molecule has 5 rings (SSSR count). The van der Waals surface area contributed by atoms with Gasteiger partial charge in [-0.05, 0) is 55.8 Å². The van der Waals surface area contributed by atoms with Crippen LogP contribution in [0.3, 0.4) is 0 Å². The first-order chi connectivity index (χ1) is 20.2. The lowest BCUT2D eigenvalue weighted by Gasteiger charge is -2.26. The van der Waals surface area contributed by atoms with Gasteiger partial charge in [-0.3, -0.25) is 19.5 Å². The van der Waals surface area contributed by atoms with Gasteiger partial charge in [0.1, 0.15) is 5.01 Å². The lowest BCUT2D eigenvalue weighted by atomic mass is 10.2. The van der Waals surface area contributed by atoms with Gasteiger partial charge in [-0.1, -0.05) is 35.2 Å². The Morgan fingerprint density at radius 1 is 1.02 bits per heavy atom. The Balaban J connectivity index is 1.28. The van der Waals surface area contributed by atoms with Crippen molar-refractivity contribution in [3.05, 3.63) is 70.5 Å². The smallest absolute Gasteiger partial charge is 0.251 e. The normalized spacial score (nSPS) is 14.0. The molecular weight excluding hydrogens is 601 g/mol. The molecule has 0 unspecified atom stereocenters. The van der Waals surface area contributed by atoms with Gasteiger partial charge < -0.3 is 10.1 Å². The van der Waals surface area contributed by atoms with Crippen LogP contribution in [0.2, 0.25) is 0 Å². The van der Waals surface area contributed by atoms with Crippen molar-refractivity contribution in [3.63, 3.8) is 0 Å². The fourth-order valence-electron chi connectivity index (χ4n) is 4.14. The average molecular weight is 629 g/mol. The summed E-state index contributed by atoms with van der Waals surface area (Å²) in [6.07, 6.45) is 0. The highest BCUT2D eigenvalue weighted by atomic mass is 32.2. The molecule has 0 saturated carbocycles. The van der Waals surface area contributed by atoms with Crippen molar-refractivity contribution < 1.29 is 22.7 Å². The van der Waals surface area contributed by atoms with E-state index in [9.17, 15) is 18.0 Å². The number of hydrogen-bond donors (Lipinski definition) is 2. The summed E-state index contributed by atoms with van der Waals surface area (Å²) < 4.78 is 34.2. The first-order valence-electron chi connectivity index (χ1n) is 12.9. The first kappa shape index (κ1) is 29.8. The molecule has 4 aromatic rings. The summed E-state index contributed by atoms with van der Waals surface area (Å²) in [5.41, 5.74) is 2.10. The third-order valence-corrected chi connectivity index (χ3v) is 9.79. The standard InChI is InChI=1S/C26H28N8O5S3/c1-17-4-3-5-20(14-17)34-22(30-32-26(34)40-16-23(35)28-25-31-29-18(2)41-25)15-27-24(36)19-6-8-21(9-7-19)42(37,38)33-10-12-39-13-11-33/h3-9,14H,10-13,15-16H2,1-2H3,(H,27,36)(H,28,31,35). The summed E-state index contributed by atoms with van der Waals surface area (Å²) in [6.45, 7) is 5.10. The Kier molecular flexibility index (Phi) is 9.27. The van der Waals surface area contributed by atoms with Crippen LogP contribution in [0.15, 0.2) is 58.6 Å². The number of aromatic nitrogens is 5. The maximum atomic E-state index is 13.0. The van der Waals surface area contributed by atoms with Gasteiger partial charge in [0, 0.05) is 24.3 Å². The van der Waals surface area contributed by atoms with Gasteiger partial charge in [-0.15, -0.1) is 20.4 Å². The summed E-state index contributed by atoms with van der Waals surface area (Å²) in [5.74, 6) is -0.133. The number of amides is 2. The highest BCUT2D eigenvalue weighted by molar-refractivity contribution is 7.99. The number of sulfonamides is 1. The molecule has 1 saturated heterocycles. The topological polar surface area (TPSA) is 161 Å². The van der Waals surface area contributed by atoms with Crippen LogP contribution in [0.4, 0.5) is 5.13 Å². The van der Waals surface area contributed by atoms with E-state index in [0.29, 0.717) is 48.0 Å². The third-order valence-electron chi connectivity index (χ3n) is 6.20. The van der Waals surface area contributed by atoms with Crippen molar-refractivity contribution in [1.82, 2.24) is 34.6 Å². The van der Waals surface area contributed by atoms with E-state index in [4.69, 9.17) is 4.74 Å². The van der Waals surface area contributed by atoms with Crippen LogP contribution in [-0.4, -0.2) is 81.6 Å². The van der Waals surface area contributed by atoms with Gasteiger partial charge in [0.2, 0.25) is 21.1 Å². The monoisotopic (exact) mass is 628 g/mol. The third kappa shape index (κ3) is 7.01. The quantitative estimate of drug-likeness (QED) is 0.250. The minimum Gasteiger partial charge on any atom is -0.379 e. The molecule has 2 aromatic heterocycles. The van der Waals surface area contributed by atoms with Crippen LogP contribution in [-0.2, 0) is 26.1 Å². The van der Waals surface area contributed by atoms with E-state index in [1.807, 2.05) is 31.2 Å². The van der Waals surface area contributed by atoms with Crippen LogP contribution >= 0.6 is 23.1 Å². The SMILES string of the molecule is Cc1cccc(-n2c(CNC(=O)c3ccc(S(=O)(=O)N4CCOCC4)cc3)nnc2SCC(=O)Nc2nnc(C)s2)c1. The Hall–Kier alpha value is -3.70. The van der Waals surface area contributed by atoms with Gasteiger partial charge in [0.25, 0.3) is 5.91 Å². The molecule has 0 atom stereocenters. The number of carbonyl (C=O) groups is 2. The van der Waals surface area contributed by atoms with Gasteiger partial charge in [0.15, 0.2) is 11.0 Å². The lowest BCUT2D eigenvalue weighted by Crippen LogP contribution is -2.40. The second-order valence-corrected chi connectivity index (χ2v) is 13.3. The van der Waals surface area contributed by atoms with Crippen molar-refractivity contribution in [1.29, 1.82) is 0 Å². The summed E-state index contributed by atoms with van der Waals surface area (Å²) >= 11 is 2.49. The van der Waals surface area contributed by atoms with E-state index in [-0.39, 0.29) is 23.1 Å². The van der Waals surface area contributed by atoms with Gasteiger partial charge >= 0.3 is 0 Å². The van der Waals surface area contributed by atoms with Gasteiger partial charge in [-0.25, -0.2) is 8.42 Å². The number of nitrogens with one attached hydrogen (secondary N) is 2. The summed E-state index contributed by atoms with van der Waals surface area (Å²) in [6, 6.07) is 13.5. The number of hydrogen-bond acceptors (Lipinski definition) is 11. The Morgan fingerprint density at radius 3 is 2.48 bits per heavy atom. The fraction of sp³-hybridized carbons (Fsp3) is 0.308. The maximum absolute atomic E-state index is 13.0. The second kappa shape index (κ2) is 13.1. The molecule has 16 heteroatoms. The molecule has 0 radical (unpaired) electrons. The Labute approximate surface area is 250 Å². The van der Waals surface area contributed by atoms with Crippen LogP contribution in [0.1, 0.15) is 26.8 Å². The zero-order chi connectivity index (χ0) is 29.7. The molecule has 0 aliphatic carbocycles. The number of rotatable bonds is 10. The lowest BCUT2D eigenvalue weighted by molar-refractivity contribution is -0.113. The largest absolute Gasteiger partial charge is 0.379 e. The van der Waals surface area contributed by atoms with E-state index < -0.39 is 15.9 Å². The first-order valence-corrected chi connectivity index (χ1v) is 16.1. The maximum Gasteiger partial charge on any atom is 0.251 e. The molecule has 1 aliphatic heterocycles. The summed E-state index contributed by atoms with van der Waals surface area (Å²) in [5, 5.41) is 23.6. The molecule has 1 fully saturated rings. The second-order valence-electron chi connectivity index (χ2n) is 9.26. The van der Waals surface area contributed by atoms with Crippen molar-refractivity contribution in [3.8, 4) is 5.69 Å². The van der Waals surface area contributed by atoms with E-state index in [0.717, 1.165) is 16.3 Å². The van der Waals surface area contributed by atoms with Gasteiger partial charge in [0.05, 0.1) is 30.4 Å². The fourth-order valence-corrected chi connectivity index (χ4v) is 6.93. The number of carbonyl (C=O) groups excluding carboxylic acids is 2. The zero-order valence-electron chi connectivity index (χ0n) is 22.8. The molecule has 2 aromatic carbocycles. The molecule has 13 nitrogen and oxygen atoms in total. The predicted molar refractivity (Wildman–Crippen MR) is 157 cm³/mol. The van der Waals surface area contributed by atoms with Crippen LogP contribution in [0.5, 0.6) is 0 Å². The highest BCUT2D eigenvalue weighted by Gasteiger charge is 2.26. The molecule has 0 spiro atoms. The van der Waals surface area contributed by atoms with Crippen molar-refractivity contribution >= 4 is 50.1 Å². The van der Waals surface area contributed by atoms with Crippen LogP contribution in [0.25, 0.3) is 5.69 Å². The molecule has 220 valence electrons.